The summed E-state index contributed by atoms with van der Waals surface area (Å²) in [6.45, 7) is 22.1. The molecule has 0 unspecified atom stereocenters. The van der Waals surface area contributed by atoms with Gasteiger partial charge < -0.3 is 14.2 Å². The molecule has 0 radical (unpaired) electrons. The van der Waals surface area contributed by atoms with Gasteiger partial charge in [0.05, 0.1) is 109 Å². The Hall–Kier alpha value is -13.4. The molecule has 0 fully saturated rings. The van der Waals surface area contributed by atoms with Gasteiger partial charge >= 0.3 is 135 Å². The topological polar surface area (TPSA) is 138 Å². The Morgan fingerprint density at radius 2 is 0.603 bits per heavy atom. The Morgan fingerprint density at radius 3 is 1.16 bits per heavy atom. The van der Waals surface area contributed by atoms with Gasteiger partial charge in [0, 0.05) is 51.3 Å². The summed E-state index contributed by atoms with van der Waals surface area (Å²) in [6, 6.07) is 76.1. The SMILES string of the molecule is Cc1ccc2c(c1-c1cncc[n+]1C)C(C)(C)c1ccccc1O2.Cc1ccc2c(c1-c1cncc[n+]1C)Oc1ccccc1S2.Cc1ccc2c(c1-c1cncc[n+]1C)Sc1ccccc1C2(C)C.Cc1ccc2c(c1-c1cncc[n+]1C)Sc1ccccc1O2.Cc1ccc2c(c1-c1cncc[n+]1C)Sc1ccccc1S2.Cc1ccc2c(c1-c1cncc[n+]1C)[Se]c1ccccc1O2. The number of rotatable bonds is 6. The number of aromatic nitrogens is 12. The molecule has 12 heterocycles. The van der Waals surface area contributed by atoms with Crippen molar-refractivity contribution in [3.63, 3.8) is 0 Å². The van der Waals surface area contributed by atoms with Gasteiger partial charge in [-0.15, -0.1) is 0 Å². The van der Waals surface area contributed by atoms with E-state index in [0.29, 0.717) is 0 Å². The molecule has 0 aliphatic carbocycles. The van der Waals surface area contributed by atoms with Crippen LogP contribution in [0.25, 0.3) is 67.5 Å². The van der Waals surface area contributed by atoms with E-state index >= 15 is 0 Å². The maximum absolute atomic E-state index is 6.24. The molecule has 18 aromatic rings. The minimum absolute atomic E-state index is 0.000404. The van der Waals surface area contributed by atoms with Crippen LogP contribution in [-0.4, -0.2) is 44.9 Å². The molecule has 136 heavy (non-hydrogen) atoms. The van der Waals surface area contributed by atoms with Crippen LogP contribution in [0.15, 0.2) is 379 Å². The van der Waals surface area contributed by atoms with Crippen LogP contribution in [0.5, 0.6) is 46.0 Å². The molecule has 0 saturated heterocycles. The molecule has 24 rings (SSSR count). The van der Waals surface area contributed by atoms with Gasteiger partial charge in [0.25, 0.3) is 0 Å². The zero-order valence-electron chi connectivity index (χ0n) is 78.6. The predicted octanol–water partition coefficient (Wildman–Crippen LogP) is 23.4. The summed E-state index contributed by atoms with van der Waals surface area (Å²) >= 11 is 9.35. The first kappa shape index (κ1) is 91.7. The van der Waals surface area contributed by atoms with E-state index < -0.39 is 0 Å². The molecule has 0 spiro atoms. The molecule has 672 valence electrons. The van der Waals surface area contributed by atoms with Crippen LogP contribution in [-0.2, 0) is 53.1 Å². The van der Waals surface area contributed by atoms with Crippen molar-refractivity contribution in [1.82, 2.24) is 29.9 Å². The molecule has 12 aromatic carbocycles. The number of hydrogen-bond acceptors (Lipinski definition) is 15. The van der Waals surface area contributed by atoms with Gasteiger partial charge in [0.15, 0.2) is 36.7 Å². The second-order valence-corrected chi connectivity index (χ2v) is 42.6. The summed E-state index contributed by atoms with van der Waals surface area (Å²) in [4.78, 5) is 38.5. The third-order valence-corrected chi connectivity index (χ3v) is 33.8. The summed E-state index contributed by atoms with van der Waals surface area (Å²) < 4.78 is 40.0. The van der Waals surface area contributed by atoms with Crippen molar-refractivity contribution in [1.29, 1.82) is 0 Å². The van der Waals surface area contributed by atoms with E-state index in [1.165, 1.54) is 122 Å². The summed E-state index contributed by atoms with van der Waals surface area (Å²) in [7, 11) is 12.3. The van der Waals surface area contributed by atoms with E-state index in [1.54, 1.807) is 35.9 Å². The average Bonchev–Trinajstić information content (AvgIpc) is 0.729. The third-order valence-electron chi connectivity index (χ3n) is 25.3. The number of ether oxygens (including phenoxy) is 4. The number of fused-ring (bicyclic) bond motifs is 12. The number of benzene rings is 12. The number of nitrogens with zero attached hydrogens (tertiary/aromatic N) is 12. The van der Waals surface area contributed by atoms with E-state index in [9.17, 15) is 0 Å². The Balaban J connectivity index is 0.000000105. The molecule has 6 aliphatic rings. The van der Waals surface area contributed by atoms with Crippen LogP contribution in [0.4, 0.5) is 0 Å². The second kappa shape index (κ2) is 39.1. The van der Waals surface area contributed by atoms with Crippen LogP contribution in [0.2, 0.25) is 0 Å². The van der Waals surface area contributed by atoms with Crippen LogP contribution >= 0.6 is 58.8 Å². The quantitative estimate of drug-likeness (QED) is 0.115. The van der Waals surface area contributed by atoms with Crippen LogP contribution < -0.4 is 55.3 Å². The fourth-order valence-corrected chi connectivity index (χ4v) is 26.6. The predicted molar refractivity (Wildman–Crippen MR) is 542 cm³/mol. The molecule has 0 saturated carbocycles. The molecule has 16 nitrogen and oxygen atoms in total. The van der Waals surface area contributed by atoms with Gasteiger partial charge in [0.1, 0.15) is 64.0 Å². The van der Waals surface area contributed by atoms with Crippen LogP contribution in [0.3, 0.4) is 0 Å². The van der Waals surface area contributed by atoms with Gasteiger partial charge in [0.2, 0.25) is 28.5 Å². The van der Waals surface area contributed by atoms with Crippen molar-refractivity contribution in [2.75, 3.05) is 0 Å². The molecule has 0 N–H and O–H groups in total. The van der Waals surface area contributed by atoms with Crippen molar-refractivity contribution >= 4 is 82.7 Å². The van der Waals surface area contributed by atoms with Gasteiger partial charge in [-0.3, -0.25) is 24.9 Å². The number of para-hydroxylation sites is 4. The van der Waals surface area contributed by atoms with Gasteiger partial charge in [-0.25, -0.2) is 0 Å². The maximum atomic E-state index is 6.24. The van der Waals surface area contributed by atoms with Crippen molar-refractivity contribution in [3.8, 4) is 114 Å². The van der Waals surface area contributed by atoms with Crippen molar-refractivity contribution < 1.29 is 46.4 Å². The molecule has 0 atom stereocenters. The molecule has 6 aliphatic heterocycles. The van der Waals surface area contributed by atoms with E-state index in [0.717, 1.165) is 105 Å². The third kappa shape index (κ3) is 18.1. The second-order valence-electron chi connectivity index (χ2n) is 35.1. The van der Waals surface area contributed by atoms with E-state index in [-0.39, 0.29) is 25.8 Å². The van der Waals surface area contributed by atoms with Gasteiger partial charge in [-0.05, 0) is 146 Å². The first-order valence-electron chi connectivity index (χ1n) is 44.9. The van der Waals surface area contributed by atoms with E-state index in [2.05, 4.69) is 306 Å². The molecule has 0 amide bonds. The summed E-state index contributed by atoms with van der Waals surface area (Å²) in [6.07, 6.45) is 34.4. The summed E-state index contributed by atoms with van der Waals surface area (Å²) in [5, 5.41) is 0. The number of aryl methyl sites for hydroxylation is 12. The molecule has 22 heteroatoms. The minimum atomic E-state index is -0.144. The Labute approximate surface area is 822 Å². The Morgan fingerprint density at radius 1 is 0.250 bits per heavy atom. The van der Waals surface area contributed by atoms with Gasteiger partial charge in [-0.1, -0.05) is 196 Å². The molecule has 6 aromatic heterocycles. The Bertz CT molecular complexity index is 7140. The first-order valence-corrected chi connectivity index (χ1v) is 50.7. The fourth-order valence-electron chi connectivity index (χ4n) is 18.0. The average molecular weight is 1940 g/mol. The summed E-state index contributed by atoms with van der Waals surface area (Å²) in [5.41, 5.74) is 26.6. The summed E-state index contributed by atoms with van der Waals surface area (Å²) in [5.74, 6) is 7.51. The number of hydrogen-bond donors (Lipinski definition) is 0. The molecule has 0 bridgehead atoms. The monoisotopic (exact) mass is 1940 g/mol. The van der Waals surface area contributed by atoms with Gasteiger partial charge in [-0.2, -0.15) is 22.8 Å². The van der Waals surface area contributed by atoms with Crippen molar-refractivity contribution in [2.45, 2.75) is 129 Å². The zero-order chi connectivity index (χ0) is 94.2. The normalized spacial score (nSPS) is 13.2. The van der Waals surface area contributed by atoms with Crippen molar-refractivity contribution in [2.24, 2.45) is 42.3 Å². The van der Waals surface area contributed by atoms with Crippen LogP contribution in [0.1, 0.15) is 83.3 Å². The molecular formula is C114H102N12O4S5Se+6. The fraction of sp³-hybridized carbons (Fsp3) is 0.158. The van der Waals surface area contributed by atoms with E-state index in [1.807, 2.05) is 215 Å². The molecular weight excluding hydrogens is 1840 g/mol. The van der Waals surface area contributed by atoms with Crippen molar-refractivity contribution in [3.05, 3.63) is 386 Å². The first-order chi connectivity index (χ1) is 65.9. The standard InChI is InChI=1S/C21H21N2O.C21H21N2S.2C18H15N2OS.C18H15N2OSe.C18H15N2S2/c1-14-9-10-18-20(19(14)16-13-22-11-12-23(16)4)21(2,3)15-7-5-6-8-17(15)24-18;1-14-9-10-16-20(19(14)17-13-22-11-12-23(17)4)24-18-8-6-5-7-15(18)21(16,2)3;1-12-7-8-15-18(17(12)13-11-19-9-10-20(13)2)22-16-6-4-3-5-14(16)21-15;1-12-7-8-16-18(17(12)13-11-19-9-10-20(13)2)21-14-5-3-4-6-15(14)22-16;1-12-7-8-15-18(17(12)13-11-19-9-10-20(13)2)22-16-6-4-3-5-14(16)21-15;1-12-7-8-16-18(17(12)13-11-19-9-10-20(13)2)22-15-6-4-3-5-14(15)21-16/h2*5-13H,1-4H3;4*3-11H,1-2H3/q6*+1. The van der Waals surface area contributed by atoms with Crippen LogP contribution in [0, 0.1) is 41.5 Å². The zero-order valence-corrected chi connectivity index (χ0v) is 84.4. The Kier molecular flexibility index (Phi) is 26.4. The van der Waals surface area contributed by atoms with E-state index in [4.69, 9.17) is 18.9 Å².